The maximum Gasteiger partial charge on any atom is 0.240 e. The summed E-state index contributed by atoms with van der Waals surface area (Å²) in [4.78, 5) is 18.9. The van der Waals surface area contributed by atoms with E-state index in [9.17, 15) is 4.79 Å². The van der Waals surface area contributed by atoms with Crippen molar-refractivity contribution in [2.45, 2.75) is 44.7 Å². The van der Waals surface area contributed by atoms with Crippen LogP contribution in [0.4, 0.5) is 0 Å². The summed E-state index contributed by atoms with van der Waals surface area (Å²) >= 11 is 0. The monoisotopic (exact) mass is 273 g/mol. The van der Waals surface area contributed by atoms with Gasteiger partial charge >= 0.3 is 0 Å². The average Bonchev–Trinajstić information content (AvgIpc) is 2.97. The molecule has 2 aliphatic heterocycles. The molecule has 1 aromatic heterocycles. The van der Waals surface area contributed by atoms with E-state index in [0.29, 0.717) is 5.92 Å². The lowest BCUT2D eigenvalue weighted by Crippen LogP contribution is -2.49. The zero-order chi connectivity index (χ0) is 13.9. The van der Waals surface area contributed by atoms with Crippen molar-refractivity contribution in [1.82, 2.24) is 15.2 Å². The van der Waals surface area contributed by atoms with Gasteiger partial charge in [0, 0.05) is 18.9 Å². The fraction of sp³-hybridized carbons (Fsp3) is 0.625. The minimum absolute atomic E-state index is 0.0150. The van der Waals surface area contributed by atoms with Crippen LogP contribution in [0.5, 0.6) is 0 Å². The summed E-state index contributed by atoms with van der Waals surface area (Å²) in [6, 6.07) is 4.33. The number of amides is 1. The molecule has 3 unspecified atom stereocenters. The van der Waals surface area contributed by atoms with E-state index in [1.807, 2.05) is 24.5 Å². The van der Waals surface area contributed by atoms with Gasteiger partial charge in [0.15, 0.2) is 0 Å². The second kappa shape index (κ2) is 5.92. The van der Waals surface area contributed by atoms with Gasteiger partial charge in [-0.3, -0.25) is 9.78 Å². The molecular formula is C16H23N3O. The van der Waals surface area contributed by atoms with Gasteiger partial charge in [0.05, 0.1) is 12.1 Å². The van der Waals surface area contributed by atoms with Crippen molar-refractivity contribution in [1.29, 1.82) is 0 Å². The first-order valence-corrected chi connectivity index (χ1v) is 7.69. The standard InChI is InChI=1S/C16H23N3O/c1-12-4-9-18-14(11-12)16(20)19-10-2-3-15(19)13-5-7-17-8-6-13/h5-8,12,14-15,18H,2-4,9-11H2,1H3. The van der Waals surface area contributed by atoms with Crippen molar-refractivity contribution in [2.75, 3.05) is 13.1 Å². The molecule has 0 aliphatic carbocycles. The zero-order valence-corrected chi connectivity index (χ0v) is 12.1. The Morgan fingerprint density at radius 3 is 2.90 bits per heavy atom. The summed E-state index contributed by atoms with van der Waals surface area (Å²) in [6.07, 6.45) is 7.95. The fourth-order valence-corrected chi connectivity index (χ4v) is 3.46. The molecule has 0 spiro atoms. The Balaban J connectivity index is 1.73. The number of piperidine rings is 1. The van der Waals surface area contributed by atoms with Crippen molar-refractivity contribution in [3.63, 3.8) is 0 Å². The van der Waals surface area contributed by atoms with Crippen LogP contribution in [0.2, 0.25) is 0 Å². The maximum atomic E-state index is 12.8. The third-order valence-corrected chi connectivity index (χ3v) is 4.59. The number of nitrogens with zero attached hydrogens (tertiary/aromatic N) is 2. The molecule has 2 aliphatic rings. The van der Waals surface area contributed by atoms with Crippen LogP contribution in [0.1, 0.15) is 44.2 Å². The number of hydrogen-bond acceptors (Lipinski definition) is 3. The number of pyridine rings is 1. The highest BCUT2D eigenvalue weighted by Gasteiger charge is 2.35. The molecule has 1 aromatic rings. The van der Waals surface area contributed by atoms with Gasteiger partial charge in [-0.2, -0.15) is 0 Å². The summed E-state index contributed by atoms with van der Waals surface area (Å²) in [5, 5.41) is 3.39. The quantitative estimate of drug-likeness (QED) is 0.898. The first-order chi connectivity index (χ1) is 9.75. The van der Waals surface area contributed by atoms with Crippen LogP contribution in [-0.2, 0) is 4.79 Å². The van der Waals surface area contributed by atoms with E-state index in [4.69, 9.17) is 0 Å². The Bertz CT molecular complexity index is 462. The lowest BCUT2D eigenvalue weighted by molar-refractivity contribution is -0.135. The maximum absolute atomic E-state index is 12.8. The van der Waals surface area contributed by atoms with Crippen LogP contribution in [-0.4, -0.2) is 34.9 Å². The van der Waals surface area contributed by atoms with Gasteiger partial charge in [0.1, 0.15) is 0 Å². The van der Waals surface area contributed by atoms with Gasteiger partial charge in [0.25, 0.3) is 0 Å². The summed E-state index contributed by atoms with van der Waals surface area (Å²) in [5.41, 5.74) is 1.22. The molecule has 4 nitrogen and oxygen atoms in total. The highest BCUT2D eigenvalue weighted by atomic mass is 16.2. The van der Waals surface area contributed by atoms with Gasteiger partial charge < -0.3 is 10.2 Å². The Kier molecular flexibility index (Phi) is 4.01. The molecule has 0 bridgehead atoms. The lowest BCUT2D eigenvalue weighted by Gasteiger charge is -2.33. The van der Waals surface area contributed by atoms with Crippen molar-refractivity contribution in [3.05, 3.63) is 30.1 Å². The first kappa shape index (κ1) is 13.6. The van der Waals surface area contributed by atoms with Gasteiger partial charge in [-0.25, -0.2) is 0 Å². The predicted molar refractivity (Wildman–Crippen MR) is 78.1 cm³/mol. The van der Waals surface area contributed by atoms with E-state index in [2.05, 4.69) is 22.1 Å². The fourth-order valence-electron chi connectivity index (χ4n) is 3.46. The zero-order valence-electron chi connectivity index (χ0n) is 12.1. The molecule has 2 fully saturated rings. The average molecular weight is 273 g/mol. The second-order valence-electron chi connectivity index (χ2n) is 6.11. The lowest BCUT2D eigenvalue weighted by atomic mass is 9.93. The highest BCUT2D eigenvalue weighted by molar-refractivity contribution is 5.82. The van der Waals surface area contributed by atoms with Gasteiger partial charge in [0.2, 0.25) is 5.91 Å². The number of nitrogens with one attached hydrogen (secondary N) is 1. The summed E-state index contributed by atoms with van der Waals surface area (Å²) in [6.45, 7) is 4.09. The molecule has 108 valence electrons. The SMILES string of the molecule is CC1CCNC(C(=O)N2CCCC2c2ccncc2)C1. The molecule has 4 heteroatoms. The van der Waals surface area contributed by atoms with E-state index in [1.165, 1.54) is 12.0 Å². The minimum atomic E-state index is 0.0150. The molecule has 3 heterocycles. The van der Waals surface area contributed by atoms with Crippen LogP contribution < -0.4 is 5.32 Å². The number of likely N-dealkylation sites (tertiary alicyclic amines) is 1. The molecule has 3 rings (SSSR count). The summed E-state index contributed by atoms with van der Waals surface area (Å²) in [5.74, 6) is 0.933. The van der Waals surface area contributed by atoms with Crippen LogP contribution >= 0.6 is 0 Å². The van der Waals surface area contributed by atoms with Crippen molar-refractivity contribution >= 4 is 5.91 Å². The van der Waals surface area contributed by atoms with E-state index < -0.39 is 0 Å². The number of carbonyl (C=O) groups is 1. The molecule has 0 saturated carbocycles. The topological polar surface area (TPSA) is 45.2 Å². The molecule has 0 aromatic carbocycles. The Morgan fingerprint density at radius 2 is 2.15 bits per heavy atom. The summed E-state index contributed by atoms with van der Waals surface area (Å²) in [7, 11) is 0. The Morgan fingerprint density at radius 1 is 1.35 bits per heavy atom. The number of rotatable bonds is 2. The third-order valence-electron chi connectivity index (χ3n) is 4.59. The molecule has 2 saturated heterocycles. The highest BCUT2D eigenvalue weighted by Crippen LogP contribution is 2.32. The van der Waals surface area contributed by atoms with Crippen molar-refractivity contribution < 1.29 is 4.79 Å². The molecule has 0 radical (unpaired) electrons. The predicted octanol–water partition coefficient (Wildman–Crippen LogP) is 2.13. The normalized spacial score (nSPS) is 30.4. The molecule has 1 N–H and O–H groups in total. The molecular weight excluding hydrogens is 250 g/mol. The molecule has 3 atom stereocenters. The van der Waals surface area contributed by atoms with Crippen molar-refractivity contribution in [3.8, 4) is 0 Å². The Hall–Kier alpha value is -1.42. The smallest absolute Gasteiger partial charge is 0.240 e. The molecule has 1 amide bonds. The van der Waals surface area contributed by atoms with Crippen LogP contribution in [0.15, 0.2) is 24.5 Å². The third kappa shape index (κ3) is 2.70. The summed E-state index contributed by atoms with van der Waals surface area (Å²) < 4.78 is 0. The van der Waals surface area contributed by atoms with Gasteiger partial charge in [-0.1, -0.05) is 6.92 Å². The van der Waals surface area contributed by atoms with E-state index in [0.717, 1.165) is 32.4 Å². The van der Waals surface area contributed by atoms with Crippen LogP contribution in [0, 0.1) is 5.92 Å². The number of hydrogen-bond donors (Lipinski definition) is 1. The van der Waals surface area contributed by atoms with Crippen molar-refractivity contribution in [2.24, 2.45) is 5.92 Å². The molecule has 20 heavy (non-hydrogen) atoms. The number of carbonyl (C=O) groups excluding carboxylic acids is 1. The van der Waals surface area contributed by atoms with E-state index >= 15 is 0 Å². The van der Waals surface area contributed by atoms with Gasteiger partial charge in [-0.15, -0.1) is 0 Å². The van der Waals surface area contributed by atoms with E-state index in [-0.39, 0.29) is 18.0 Å². The largest absolute Gasteiger partial charge is 0.334 e. The van der Waals surface area contributed by atoms with Crippen LogP contribution in [0.3, 0.4) is 0 Å². The second-order valence-corrected chi connectivity index (χ2v) is 6.11. The number of aromatic nitrogens is 1. The Labute approximate surface area is 120 Å². The minimum Gasteiger partial charge on any atom is -0.334 e. The van der Waals surface area contributed by atoms with Gasteiger partial charge in [-0.05, 0) is 55.8 Å². The van der Waals surface area contributed by atoms with E-state index in [1.54, 1.807) is 0 Å². The van der Waals surface area contributed by atoms with Crippen LogP contribution in [0.25, 0.3) is 0 Å². The first-order valence-electron chi connectivity index (χ1n) is 7.69.